The highest BCUT2D eigenvalue weighted by molar-refractivity contribution is 5.86. The van der Waals surface area contributed by atoms with E-state index in [9.17, 15) is 14.4 Å². The summed E-state index contributed by atoms with van der Waals surface area (Å²) in [5.74, 6) is -1.72. The van der Waals surface area contributed by atoms with Crippen LogP contribution in [0.4, 0.5) is 0 Å². The fourth-order valence-corrected chi connectivity index (χ4v) is 2.18. The number of hydrogen-bond acceptors (Lipinski definition) is 4. The van der Waals surface area contributed by atoms with Gasteiger partial charge in [0.1, 0.15) is 6.54 Å². The average molecular weight is 336 g/mol. The SMILES string of the molecule is COCCN(CC(=O)O)C(=O)CN(CCc1ccccc1)C(C)=O. The number of nitrogens with zero attached hydrogens (tertiary/aromatic N) is 2. The third-order valence-electron chi connectivity index (χ3n) is 3.53. The van der Waals surface area contributed by atoms with Crippen LogP contribution in [0.15, 0.2) is 30.3 Å². The molecule has 0 aromatic heterocycles. The fourth-order valence-electron chi connectivity index (χ4n) is 2.18. The lowest BCUT2D eigenvalue weighted by molar-refractivity contribution is -0.146. The Morgan fingerprint density at radius 2 is 1.71 bits per heavy atom. The molecule has 2 amide bonds. The molecule has 24 heavy (non-hydrogen) atoms. The lowest BCUT2D eigenvalue weighted by atomic mass is 10.1. The van der Waals surface area contributed by atoms with Gasteiger partial charge in [0.15, 0.2) is 0 Å². The summed E-state index contributed by atoms with van der Waals surface area (Å²) in [6.45, 7) is 1.66. The zero-order chi connectivity index (χ0) is 17.9. The van der Waals surface area contributed by atoms with E-state index < -0.39 is 18.4 Å². The first kappa shape index (κ1) is 19.6. The van der Waals surface area contributed by atoms with E-state index in [-0.39, 0.29) is 25.6 Å². The number of hydrogen-bond donors (Lipinski definition) is 1. The van der Waals surface area contributed by atoms with Gasteiger partial charge in [-0.2, -0.15) is 0 Å². The topological polar surface area (TPSA) is 87.2 Å². The second-order valence-electron chi connectivity index (χ2n) is 5.38. The van der Waals surface area contributed by atoms with Gasteiger partial charge in [0.05, 0.1) is 13.2 Å². The zero-order valence-electron chi connectivity index (χ0n) is 14.1. The van der Waals surface area contributed by atoms with Crippen LogP contribution in [0.5, 0.6) is 0 Å². The first-order valence-corrected chi connectivity index (χ1v) is 7.72. The lowest BCUT2D eigenvalue weighted by Crippen LogP contribution is -2.45. The molecule has 132 valence electrons. The van der Waals surface area contributed by atoms with Crippen molar-refractivity contribution in [1.29, 1.82) is 0 Å². The summed E-state index contributed by atoms with van der Waals surface area (Å²) in [6, 6.07) is 9.65. The van der Waals surface area contributed by atoms with Gasteiger partial charge in [-0.3, -0.25) is 14.4 Å². The van der Waals surface area contributed by atoms with E-state index in [2.05, 4.69) is 0 Å². The normalized spacial score (nSPS) is 10.2. The van der Waals surface area contributed by atoms with Crippen molar-refractivity contribution >= 4 is 17.8 Å². The Balaban J connectivity index is 2.65. The van der Waals surface area contributed by atoms with Crippen molar-refractivity contribution < 1.29 is 24.2 Å². The van der Waals surface area contributed by atoms with Crippen LogP contribution in [0, 0.1) is 0 Å². The van der Waals surface area contributed by atoms with E-state index in [1.165, 1.54) is 23.8 Å². The highest BCUT2D eigenvalue weighted by atomic mass is 16.5. The van der Waals surface area contributed by atoms with Crippen LogP contribution < -0.4 is 0 Å². The molecule has 0 aliphatic carbocycles. The van der Waals surface area contributed by atoms with Crippen molar-refractivity contribution in [3.8, 4) is 0 Å². The Labute approximate surface area is 141 Å². The van der Waals surface area contributed by atoms with E-state index in [4.69, 9.17) is 9.84 Å². The van der Waals surface area contributed by atoms with E-state index in [1.54, 1.807) is 0 Å². The van der Waals surface area contributed by atoms with Gasteiger partial charge in [0, 0.05) is 27.1 Å². The molecule has 0 fully saturated rings. The van der Waals surface area contributed by atoms with Crippen molar-refractivity contribution in [2.45, 2.75) is 13.3 Å². The van der Waals surface area contributed by atoms with Gasteiger partial charge in [-0.05, 0) is 12.0 Å². The van der Waals surface area contributed by atoms with Crippen LogP contribution in [0.2, 0.25) is 0 Å². The largest absolute Gasteiger partial charge is 0.480 e. The van der Waals surface area contributed by atoms with Crippen molar-refractivity contribution in [2.24, 2.45) is 0 Å². The predicted molar refractivity (Wildman–Crippen MR) is 88.5 cm³/mol. The zero-order valence-corrected chi connectivity index (χ0v) is 14.1. The summed E-state index contributed by atoms with van der Waals surface area (Å²) < 4.78 is 4.89. The number of methoxy groups -OCH3 is 1. The molecule has 1 N–H and O–H groups in total. The van der Waals surface area contributed by atoms with Gasteiger partial charge in [0.25, 0.3) is 0 Å². The Kier molecular flexibility index (Phi) is 8.49. The van der Waals surface area contributed by atoms with Crippen LogP contribution in [-0.4, -0.2) is 72.6 Å². The Bertz CT molecular complexity index is 547. The summed E-state index contributed by atoms with van der Waals surface area (Å²) in [4.78, 5) is 37.6. The molecule has 0 spiro atoms. The molecule has 0 heterocycles. The number of carbonyl (C=O) groups excluding carboxylic acids is 2. The minimum Gasteiger partial charge on any atom is -0.480 e. The molecule has 0 radical (unpaired) electrons. The number of aliphatic carboxylic acids is 1. The molecule has 0 atom stereocenters. The van der Waals surface area contributed by atoms with E-state index in [1.807, 2.05) is 30.3 Å². The third kappa shape index (κ3) is 7.23. The summed E-state index contributed by atoms with van der Waals surface area (Å²) in [6.07, 6.45) is 0.630. The first-order valence-electron chi connectivity index (χ1n) is 7.72. The van der Waals surface area contributed by atoms with Gasteiger partial charge < -0.3 is 19.6 Å². The monoisotopic (exact) mass is 336 g/mol. The van der Waals surface area contributed by atoms with Gasteiger partial charge in [-0.1, -0.05) is 30.3 Å². The molecule has 0 saturated heterocycles. The van der Waals surface area contributed by atoms with Gasteiger partial charge in [0.2, 0.25) is 11.8 Å². The molecule has 0 saturated carbocycles. The standard InChI is InChI=1S/C17H24N2O5/c1-14(20)18(9-8-15-6-4-3-5-7-15)12-16(21)19(10-11-24-2)13-17(22)23/h3-7H,8-13H2,1-2H3,(H,22,23). The number of carboxylic acids is 1. The molecule has 7 heteroatoms. The molecule has 0 aliphatic rings. The maximum absolute atomic E-state index is 12.3. The lowest BCUT2D eigenvalue weighted by Gasteiger charge is -2.26. The van der Waals surface area contributed by atoms with Crippen molar-refractivity contribution in [3.05, 3.63) is 35.9 Å². The second kappa shape index (κ2) is 10.4. The first-order chi connectivity index (χ1) is 11.4. The summed E-state index contributed by atoms with van der Waals surface area (Å²) in [5.41, 5.74) is 1.07. The molecular formula is C17H24N2O5. The van der Waals surface area contributed by atoms with Crippen molar-refractivity contribution in [1.82, 2.24) is 9.80 Å². The maximum atomic E-state index is 12.3. The van der Waals surface area contributed by atoms with Crippen LogP contribution in [0.25, 0.3) is 0 Å². The molecule has 1 rings (SSSR count). The summed E-state index contributed by atoms with van der Waals surface area (Å²) in [5, 5.41) is 8.91. The molecule has 0 unspecified atom stereocenters. The smallest absolute Gasteiger partial charge is 0.323 e. The number of ether oxygens (including phenoxy) is 1. The summed E-state index contributed by atoms with van der Waals surface area (Å²) >= 11 is 0. The van der Waals surface area contributed by atoms with Gasteiger partial charge >= 0.3 is 5.97 Å². The van der Waals surface area contributed by atoms with Crippen LogP contribution in [-0.2, 0) is 25.5 Å². The Hall–Kier alpha value is -2.41. The number of amides is 2. The van der Waals surface area contributed by atoms with Crippen molar-refractivity contribution in [3.63, 3.8) is 0 Å². The van der Waals surface area contributed by atoms with Crippen LogP contribution in [0.1, 0.15) is 12.5 Å². The third-order valence-corrected chi connectivity index (χ3v) is 3.53. The molecule has 1 aromatic carbocycles. The Morgan fingerprint density at radius 1 is 1.04 bits per heavy atom. The number of carboxylic acid groups (broad SMARTS) is 1. The number of rotatable bonds is 10. The molecule has 1 aromatic rings. The minimum absolute atomic E-state index is 0.140. The minimum atomic E-state index is -1.10. The maximum Gasteiger partial charge on any atom is 0.323 e. The van der Waals surface area contributed by atoms with E-state index in [0.29, 0.717) is 13.0 Å². The fraction of sp³-hybridized carbons (Fsp3) is 0.471. The summed E-state index contributed by atoms with van der Waals surface area (Å²) in [7, 11) is 1.48. The van der Waals surface area contributed by atoms with Gasteiger partial charge in [-0.25, -0.2) is 0 Å². The average Bonchev–Trinajstić information content (AvgIpc) is 2.55. The quantitative estimate of drug-likeness (QED) is 0.677. The highest BCUT2D eigenvalue weighted by Crippen LogP contribution is 2.03. The van der Waals surface area contributed by atoms with Crippen LogP contribution in [0.3, 0.4) is 0 Å². The molecule has 0 aliphatic heterocycles. The highest BCUT2D eigenvalue weighted by Gasteiger charge is 2.20. The molecule has 0 bridgehead atoms. The Morgan fingerprint density at radius 3 is 2.25 bits per heavy atom. The number of carbonyl (C=O) groups is 3. The predicted octanol–water partition coefficient (Wildman–Crippen LogP) is 0.637. The van der Waals surface area contributed by atoms with Gasteiger partial charge in [-0.15, -0.1) is 0 Å². The molecular weight excluding hydrogens is 312 g/mol. The van der Waals surface area contributed by atoms with E-state index in [0.717, 1.165) is 5.56 Å². The van der Waals surface area contributed by atoms with Crippen LogP contribution >= 0.6 is 0 Å². The molecule has 7 nitrogen and oxygen atoms in total. The van der Waals surface area contributed by atoms with Crippen molar-refractivity contribution in [2.75, 3.05) is 39.9 Å². The second-order valence-corrected chi connectivity index (χ2v) is 5.38. The van der Waals surface area contributed by atoms with E-state index >= 15 is 0 Å². The number of benzene rings is 1.